The zero-order chi connectivity index (χ0) is 19.0. The van der Waals surface area contributed by atoms with Gasteiger partial charge in [0.25, 0.3) is 0 Å². The van der Waals surface area contributed by atoms with E-state index in [0.717, 1.165) is 37.9 Å². The molecule has 6 nitrogen and oxygen atoms in total. The van der Waals surface area contributed by atoms with Gasteiger partial charge in [-0.2, -0.15) is 13.2 Å². The van der Waals surface area contributed by atoms with Crippen LogP contribution in [0.5, 0.6) is 0 Å². The minimum absolute atomic E-state index is 0.000753. The molecule has 0 aromatic carbocycles. The Morgan fingerprint density at radius 3 is 2.69 bits per heavy atom. The molecular weight excluding hydrogens is 349 g/mol. The molecule has 1 aromatic rings. The number of rotatable bonds is 7. The van der Waals surface area contributed by atoms with Crippen molar-refractivity contribution in [2.45, 2.75) is 44.9 Å². The Balaban J connectivity index is 1.82. The van der Waals surface area contributed by atoms with E-state index in [1.54, 1.807) is 19.3 Å². The van der Waals surface area contributed by atoms with Crippen LogP contribution in [0.3, 0.4) is 0 Å². The van der Waals surface area contributed by atoms with E-state index in [1.807, 2.05) is 4.90 Å². The van der Waals surface area contributed by atoms with Crippen LogP contribution in [0.25, 0.3) is 0 Å². The molecule has 0 radical (unpaired) electrons. The predicted octanol–water partition coefficient (Wildman–Crippen LogP) is 2.26. The minimum atomic E-state index is -4.28. The first-order valence-electron chi connectivity index (χ1n) is 8.73. The molecule has 2 rings (SSSR count). The van der Waals surface area contributed by atoms with E-state index < -0.39 is 12.8 Å². The van der Waals surface area contributed by atoms with Gasteiger partial charge in [-0.15, -0.1) is 0 Å². The Kier molecular flexibility index (Phi) is 7.77. The maximum Gasteiger partial charge on any atom is 0.411 e. The van der Waals surface area contributed by atoms with Gasteiger partial charge in [-0.05, 0) is 25.8 Å². The van der Waals surface area contributed by atoms with Gasteiger partial charge in [0.05, 0.1) is 6.61 Å². The molecule has 2 heterocycles. The lowest BCUT2D eigenvalue weighted by Crippen LogP contribution is -2.39. The molecule has 0 spiro atoms. The molecule has 1 aliphatic heterocycles. The summed E-state index contributed by atoms with van der Waals surface area (Å²) >= 11 is 0. The number of aromatic nitrogens is 2. The second kappa shape index (κ2) is 9.82. The lowest BCUT2D eigenvalue weighted by atomic mass is 10.1. The van der Waals surface area contributed by atoms with Crippen molar-refractivity contribution in [2.75, 3.05) is 32.8 Å². The van der Waals surface area contributed by atoms with Crippen molar-refractivity contribution in [1.82, 2.24) is 19.8 Å². The van der Waals surface area contributed by atoms with E-state index in [1.165, 1.54) is 6.33 Å². The van der Waals surface area contributed by atoms with Crippen molar-refractivity contribution in [3.63, 3.8) is 0 Å². The smallest absolute Gasteiger partial charge is 0.371 e. The number of ether oxygens (including phenoxy) is 1. The largest absolute Gasteiger partial charge is 0.411 e. The van der Waals surface area contributed by atoms with Crippen LogP contribution in [0.4, 0.5) is 13.2 Å². The Hall–Kier alpha value is -1.74. The van der Waals surface area contributed by atoms with E-state index in [9.17, 15) is 18.0 Å². The van der Waals surface area contributed by atoms with E-state index in [4.69, 9.17) is 0 Å². The topological polar surface area (TPSA) is 58.6 Å². The van der Waals surface area contributed by atoms with E-state index in [0.29, 0.717) is 13.1 Å². The van der Waals surface area contributed by atoms with Crippen LogP contribution in [0.2, 0.25) is 0 Å². The summed E-state index contributed by atoms with van der Waals surface area (Å²) in [5.41, 5.74) is 0.879. The van der Waals surface area contributed by atoms with Gasteiger partial charge >= 0.3 is 6.18 Å². The van der Waals surface area contributed by atoms with Gasteiger partial charge in [0.15, 0.2) is 0 Å². The molecule has 0 unspecified atom stereocenters. The Morgan fingerprint density at radius 2 is 2.04 bits per heavy atom. The number of alkyl halides is 3. The number of carbonyl (C=O) groups is 1. The van der Waals surface area contributed by atoms with Gasteiger partial charge in [0, 0.05) is 50.6 Å². The zero-order valence-electron chi connectivity index (χ0n) is 14.9. The molecule has 1 fully saturated rings. The summed E-state index contributed by atoms with van der Waals surface area (Å²) in [6.45, 7) is 2.87. The average Bonchev–Trinajstić information content (AvgIpc) is 2.82. The molecule has 1 saturated heterocycles. The number of amides is 1. The molecule has 0 bridgehead atoms. The fraction of sp³-hybridized carbons (Fsp3) is 0.706. The molecule has 9 heteroatoms. The van der Waals surface area contributed by atoms with Crippen LogP contribution < -0.4 is 0 Å². The Morgan fingerprint density at radius 1 is 1.31 bits per heavy atom. The molecule has 0 N–H and O–H groups in total. The summed E-state index contributed by atoms with van der Waals surface area (Å²) in [7, 11) is 0. The maximum absolute atomic E-state index is 12.1. The van der Waals surface area contributed by atoms with Crippen LogP contribution in [0.15, 0.2) is 18.7 Å². The second-order valence-corrected chi connectivity index (χ2v) is 6.49. The highest BCUT2D eigenvalue weighted by Gasteiger charge is 2.28. The van der Waals surface area contributed by atoms with Crippen molar-refractivity contribution in [3.8, 4) is 0 Å². The maximum atomic E-state index is 12.1. The molecular formula is C17H25F3N4O2. The summed E-state index contributed by atoms with van der Waals surface area (Å²) in [5.74, 6) is 0.000753. The van der Waals surface area contributed by atoms with E-state index >= 15 is 0 Å². The first-order chi connectivity index (χ1) is 12.3. The lowest BCUT2D eigenvalue weighted by molar-refractivity contribution is -0.174. The number of hydrogen-bond acceptors (Lipinski definition) is 5. The molecule has 1 amide bonds. The van der Waals surface area contributed by atoms with Crippen LogP contribution in [-0.4, -0.2) is 70.7 Å². The van der Waals surface area contributed by atoms with Gasteiger partial charge in [0.1, 0.15) is 12.9 Å². The van der Waals surface area contributed by atoms with Crippen LogP contribution in [0, 0.1) is 0 Å². The average molecular weight is 374 g/mol. The predicted molar refractivity (Wildman–Crippen MR) is 89.2 cm³/mol. The SMILES string of the molecule is CC(=O)N(Cc1cncnc1)[C@H]1CCCN(CCOCC(F)(F)F)CC1. The van der Waals surface area contributed by atoms with Crippen LogP contribution in [-0.2, 0) is 16.1 Å². The molecule has 1 atom stereocenters. The monoisotopic (exact) mass is 374 g/mol. The highest BCUT2D eigenvalue weighted by atomic mass is 19.4. The molecule has 26 heavy (non-hydrogen) atoms. The van der Waals surface area contributed by atoms with Gasteiger partial charge < -0.3 is 14.5 Å². The molecule has 1 aliphatic rings. The number of likely N-dealkylation sites (tertiary alicyclic amines) is 1. The lowest BCUT2D eigenvalue weighted by Gasteiger charge is -2.30. The van der Waals surface area contributed by atoms with Gasteiger partial charge in [-0.25, -0.2) is 9.97 Å². The van der Waals surface area contributed by atoms with Crippen molar-refractivity contribution >= 4 is 5.91 Å². The quantitative estimate of drug-likeness (QED) is 0.685. The third kappa shape index (κ3) is 7.25. The number of carbonyl (C=O) groups excluding carboxylic acids is 1. The molecule has 146 valence electrons. The number of halogens is 3. The van der Waals surface area contributed by atoms with E-state index in [-0.39, 0.29) is 18.6 Å². The zero-order valence-corrected chi connectivity index (χ0v) is 14.9. The van der Waals surface area contributed by atoms with Crippen LogP contribution >= 0.6 is 0 Å². The molecule has 0 saturated carbocycles. The van der Waals surface area contributed by atoms with Crippen molar-refractivity contribution in [2.24, 2.45) is 0 Å². The normalized spacial score (nSPS) is 19.2. The van der Waals surface area contributed by atoms with Crippen LogP contribution in [0.1, 0.15) is 31.7 Å². The number of nitrogens with zero attached hydrogens (tertiary/aromatic N) is 4. The standard InChI is InChI=1S/C17H25F3N4O2/c1-14(25)24(11-15-9-21-13-22-10-15)16-3-2-5-23(6-4-16)7-8-26-12-17(18,19)20/h9-10,13,16H,2-8,11-12H2,1H3/t16-/m0/s1. The van der Waals surface area contributed by atoms with Gasteiger partial charge in [-0.3, -0.25) is 4.79 Å². The fourth-order valence-corrected chi connectivity index (χ4v) is 3.16. The molecule has 1 aromatic heterocycles. The number of hydrogen-bond donors (Lipinski definition) is 0. The first-order valence-corrected chi connectivity index (χ1v) is 8.73. The third-order valence-corrected chi connectivity index (χ3v) is 4.42. The Labute approximate surface area is 151 Å². The third-order valence-electron chi connectivity index (χ3n) is 4.42. The van der Waals surface area contributed by atoms with Crippen molar-refractivity contribution in [3.05, 3.63) is 24.3 Å². The summed E-state index contributed by atoms with van der Waals surface area (Å²) in [6.07, 6.45) is 3.10. The highest BCUT2D eigenvalue weighted by molar-refractivity contribution is 5.73. The molecule has 0 aliphatic carbocycles. The second-order valence-electron chi connectivity index (χ2n) is 6.49. The summed E-state index contributed by atoms with van der Waals surface area (Å²) < 4.78 is 41.0. The van der Waals surface area contributed by atoms with E-state index in [2.05, 4.69) is 19.6 Å². The summed E-state index contributed by atoms with van der Waals surface area (Å²) in [4.78, 5) is 24.0. The minimum Gasteiger partial charge on any atom is -0.371 e. The Bertz CT molecular complexity index is 557. The first kappa shape index (κ1) is 20.6. The van der Waals surface area contributed by atoms with Gasteiger partial charge in [-0.1, -0.05) is 0 Å². The summed E-state index contributed by atoms with van der Waals surface area (Å²) in [6, 6.07) is 0.105. The van der Waals surface area contributed by atoms with Crippen molar-refractivity contribution in [1.29, 1.82) is 0 Å². The van der Waals surface area contributed by atoms with Gasteiger partial charge in [0.2, 0.25) is 5.91 Å². The summed E-state index contributed by atoms with van der Waals surface area (Å²) in [5, 5.41) is 0. The highest BCUT2D eigenvalue weighted by Crippen LogP contribution is 2.19. The van der Waals surface area contributed by atoms with Crippen molar-refractivity contribution < 1.29 is 22.7 Å². The fourth-order valence-electron chi connectivity index (χ4n) is 3.16.